The van der Waals surface area contributed by atoms with Crippen molar-refractivity contribution in [1.29, 1.82) is 0 Å². The van der Waals surface area contributed by atoms with Gasteiger partial charge < -0.3 is 14.2 Å². The van der Waals surface area contributed by atoms with Crippen LogP contribution in [0.4, 0.5) is 0 Å². The average Bonchev–Trinajstić information content (AvgIpc) is 3.45. The van der Waals surface area contributed by atoms with Gasteiger partial charge in [0.2, 0.25) is 0 Å². The standard InChI is InChI=1S/C73H122O6/c1-4-7-10-13-16-19-22-25-28-31-33-35-36-38-39-42-45-48-51-54-57-60-63-66-72(75)78-69-70(68-77-71(74)65-62-59-56-53-50-47-44-41-30-27-24-21-18-15-12-9-6-3)79-73(76)67-64-61-58-55-52-49-46-43-40-37-34-32-29-26-23-20-17-14-11-8-5-2/h7,10,16,18-19,21,25,27-28,30,32-35,38-39,45,48,54,57,70H,4-6,8-9,11-15,17,20,22-24,26,29,31,36-37,40-44,46-47,49-53,55-56,58-69H2,1-3H3/b10-7-,19-16-,21-18-,28-25-,30-27-,34-32-,35-33-,39-38-,48-45-,57-54-. The summed E-state index contributed by atoms with van der Waals surface area (Å²) in [5.41, 5.74) is 0. The van der Waals surface area contributed by atoms with Crippen LogP contribution in [0.15, 0.2) is 122 Å². The van der Waals surface area contributed by atoms with Crippen LogP contribution in [0.25, 0.3) is 0 Å². The maximum Gasteiger partial charge on any atom is 0.306 e. The highest BCUT2D eigenvalue weighted by Gasteiger charge is 2.19. The van der Waals surface area contributed by atoms with E-state index in [1.165, 1.54) is 154 Å². The second kappa shape index (κ2) is 66.3. The Morgan fingerprint density at radius 2 is 0.506 bits per heavy atom. The average molecular weight is 1100 g/mol. The lowest BCUT2D eigenvalue weighted by atomic mass is 10.1. The van der Waals surface area contributed by atoms with Crippen LogP contribution in [0.3, 0.4) is 0 Å². The molecule has 0 saturated heterocycles. The fraction of sp³-hybridized carbons (Fsp3) is 0.685. The van der Waals surface area contributed by atoms with Crippen molar-refractivity contribution in [2.24, 2.45) is 0 Å². The summed E-state index contributed by atoms with van der Waals surface area (Å²) in [5.74, 6) is -0.967. The van der Waals surface area contributed by atoms with E-state index in [2.05, 4.69) is 142 Å². The van der Waals surface area contributed by atoms with E-state index in [-0.39, 0.29) is 37.5 Å². The van der Waals surface area contributed by atoms with Gasteiger partial charge in [-0.15, -0.1) is 0 Å². The highest BCUT2D eigenvalue weighted by Crippen LogP contribution is 2.15. The van der Waals surface area contributed by atoms with Crippen molar-refractivity contribution in [3.8, 4) is 0 Å². The van der Waals surface area contributed by atoms with E-state index in [1.54, 1.807) is 0 Å². The Bertz CT molecular complexity index is 1640. The zero-order valence-corrected chi connectivity index (χ0v) is 51.6. The summed E-state index contributed by atoms with van der Waals surface area (Å²) in [6.45, 7) is 6.47. The number of carbonyl (C=O) groups excluding carboxylic acids is 3. The van der Waals surface area contributed by atoms with Crippen LogP contribution in [0.1, 0.15) is 303 Å². The first-order valence-electron chi connectivity index (χ1n) is 33.0. The first kappa shape index (κ1) is 74.8. The van der Waals surface area contributed by atoms with Crippen LogP contribution in [-0.4, -0.2) is 37.2 Å². The van der Waals surface area contributed by atoms with Gasteiger partial charge in [-0.2, -0.15) is 0 Å². The third-order valence-electron chi connectivity index (χ3n) is 13.9. The third-order valence-corrected chi connectivity index (χ3v) is 13.9. The van der Waals surface area contributed by atoms with Crippen molar-refractivity contribution in [3.63, 3.8) is 0 Å². The van der Waals surface area contributed by atoms with Gasteiger partial charge in [-0.25, -0.2) is 0 Å². The molecule has 0 aromatic heterocycles. The predicted octanol–water partition coefficient (Wildman–Crippen LogP) is 22.8. The molecule has 0 saturated carbocycles. The van der Waals surface area contributed by atoms with E-state index >= 15 is 0 Å². The van der Waals surface area contributed by atoms with Gasteiger partial charge in [0.05, 0.1) is 0 Å². The molecule has 0 radical (unpaired) electrons. The summed E-state index contributed by atoms with van der Waals surface area (Å²) in [4.78, 5) is 38.4. The number of unbranched alkanes of at least 4 members (excludes halogenated alkanes) is 28. The fourth-order valence-corrected chi connectivity index (χ4v) is 8.99. The highest BCUT2D eigenvalue weighted by atomic mass is 16.6. The van der Waals surface area contributed by atoms with Crippen molar-refractivity contribution in [2.45, 2.75) is 309 Å². The van der Waals surface area contributed by atoms with Gasteiger partial charge in [0.15, 0.2) is 6.10 Å². The van der Waals surface area contributed by atoms with E-state index in [9.17, 15) is 14.4 Å². The second-order valence-electron chi connectivity index (χ2n) is 21.6. The van der Waals surface area contributed by atoms with Gasteiger partial charge in [0.1, 0.15) is 13.2 Å². The van der Waals surface area contributed by atoms with E-state index < -0.39 is 6.10 Å². The van der Waals surface area contributed by atoms with Gasteiger partial charge in [-0.05, 0) is 128 Å². The Hall–Kier alpha value is -4.19. The Labute approximate surface area is 488 Å². The molecule has 6 nitrogen and oxygen atoms in total. The molecule has 0 spiro atoms. The minimum atomic E-state index is -0.811. The van der Waals surface area contributed by atoms with Crippen LogP contribution in [0.5, 0.6) is 0 Å². The molecule has 6 heteroatoms. The molecule has 0 bridgehead atoms. The van der Waals surface area contributed by atoms with Crippen molar-refractivity contribution >= 4 is 17.9 Å². The fourth-order valence-electron chi connectivity index (χ4n) is 8.99. The molecule has 1 atom stereocenters. The molecule has 0 fully saturated rings. The highest BCUT2D eigenvalue weighted by molar-refractivity contribution is 5.71. The quantitative estimate of drug-likeness (QED) is 0.0261. The SMILES string of the molecule is CC/C=C\C/C=C\C/C=C\C/C=C\C/C=C\C/C=C\C/C=C\CCCC(=O)OCC(COC(=O)CCCCCCCCC/C=C\C/C=C\CCCCC)OC(=O)CCCCCCCCCCC/C=C\CCCCCCCCCC. The second-order valence-corrected chi connectivity index (χ2v) is 21.6. The monoisotopic (exact) mass is 1090 g/mol. The number of ether oxygens (including phenoxy) is 3. The molecule has 0 aromatic rings. The summed E-state index contributed by atoms with van der Waals surface area (Å²) in [6, 6.07) is 0. The van der Waals surface area contributed by atoms with E-state index in [0.29, 0.717) is 19.3 Å². The molecular formula is C73H122O6. The summed E-state index contributed by atoms with van der Waals surface area (Å²) in [7, 11) is 0. The topological polar surface area (TPSA) is 78.9 Å². The Morgan fingerprint density at radius 1 is 0.266 bits per heavy atom. The van der Waals surface area contributed by atoms with E-state index in [4.69, 9.17) is 14.2 Å². The normalized spacial score (nSPS) is 12.9. The van der Waals surface area contributed by atoms with Gasteiger partial charge >= 0.3 is 17.9 Å². The minimum absolute atomic E-state index is 0.103. The van der Waals surface area contributed by atoms with Crippen LogP contribution < -0.4 is 0 Å². The van der Waals surface area contributed by atoms with Gasteiger partial charge in [-0.3, -0.25) is 14.4 Å². The first-order chi connectivity index (χ1) is 39.0. The Balaban J connectivity index is 4.49. The number of allylic oxidation sites excluding steroid dienone is 20. The molecule has 0 aromatic carbocycles. The van der Waals surface area contributed by atoms with Crippen LogP contribution in [-0.2, 0) is 28.6 Å². The largest absolute Gasteiger partial charge is 0.462 e. The summed E-state index contributed by atoms with van der Waals surface area (Å²) >= 11 is 0. The molecule has 79 heavy (non-hydrogen) atoms. The summed E-state index contributed by atoms with van der Waals surface area (Å²) in [5, 5.41) is 0. The Morgan fingerprint density at radius 3 is 0.861 bits per heavy atom. The number of hydrogen-bond acceptors (Lipinski definition) is 6. The van der Waals surface area contributed by atoms with E-state index in [0.717, 1.165) is 103 Å². The zero-order chi connectivity index (χ0) is 57.1. The lowest BCUT2D eigenvalue weighted by molar-refractivity contribution is -0.167. The lowest BCUT2D eigenvalue weighted by Crippen LogP contribution is -2.30. The smallest absolute Gasteiger partial charge is 0.306 e. The third kappa shape index (κ3) is 64.5. The lowest BCUT2D eigenvalue weighted by Gasteiger charge is -2.18. The molecule has 450 valence electrons. The first-order valence-corrected chi connectivity index (χ1v) is 33.0. The molecule has 0 aliphatic carbocycles. The molecule has 0 N–H and O–H groups in total. The van der Waals surface area contributed by atoms with Gasteiger partial charge in [0.25, 0.3) is 0 Å². The van der Waals surface area contributed by atoms with Crippen LogP contribution >= 0.6 is 0 Å². The van der Waals surface area contributed by atoms with Gasteiger partial charge in [-0.1, -0.05) is 277 Å². The predicted molar refractivity (Wildman–Crippen MR) is 343 cm³/mol. The molecule has 1 unspecified atom stereocenters. The molecule has 0 amide bonds. The summed E-state index contributed by atoms with van der Waals surface area (Å²) in [6.07, 6.45) is 92.1. The maximum absolute atomic E-state index is 12.9. The molecule has 0 aliphatic heterocycles. The van der Waals surface area contributed by atoms with Crippen LogP contribution in [0, 0.1) is 0 Å². The van der Waals surface area contributed by atoms with Crippen molar-refractivity contribution in [3.05, 3.63) is 122 Å². The minimum Gasteiger partial charge on any atom is -0.462 e. The number of carbonyl (C=O) groups is 3. The van der Waals surface area contributed by atoms with Crippen molar-refractivity contribution in [2.75, 3.05) is 13.2 Å². The molecule has 0 rings (SSSR count). The number of rotatable bonds is 59. The Kier molecular flexibility index (Phi) is 62.8. The maximum atomic E-state index is 12.9. The van der Waals surface area contributed by atoms with Crippen molar-refractivity contribution < 1.29 is 28.6 Å². The number of hydrogen-bond donors (Lipinski definition) is 0. The van der Waals surface area contributed by atoms with Gasteiger partial charge in [0, 0.05) is 19.3 Å². The summed E-state index contributed by atoms with van der Waals surface area (Å²) < 4.78 is 16.9. The number of esters is 3. The molecule has 0 aliphatic rings. The zero-order valence-electron chi connectivity index (χ0n) is 51.6. The van der Waals surface area contributed by atoms with Crippen LogP contribution in [0.2, 0.25) is 0 Å². The molecular weight excluding hydrogens is 973 g/mol. The van der Waals surface area contributed by atoms with Crippen molar-refractivity contribution in [1.82, 2.24) is 0 Å². The van der Waals surface area contributed by atoms with E-state index in [1.807, 2.05) is 0 Å². The molecule has 0 heterocycles.